The first-order valence-electron chi connectivity index (χ1n) is 6.44. The quantitative estimate of drug-likeness (QED) is 0.874. The molecule has 2 heterocycles. The molecule has 0 spiro atoms. The highest BCUT2D eigenvalue weighted by atomic mass is 35.5. The van der Waals surface area contributed by atoms with E-state index in [0.29, 0.717) is 18.0 Å². The lowest BCUT2D eigenvalue weighted by atomic mass is 10.3. The summed E-state index contributed by atoms with van der Waals surface area (Å²) in [6.45, 7) is 2.90. The average molecular weight is 354 g/mol. The largest absolute Gasteiger partial charge is 0.337 e. The Bertz CT molecular complexity index is 578. The van der Waals surface area contributed by atoms with Crippen molar-refractivity contribution in [1.82, 2.24) is 14.5 Å². The molecule has 1 amide bonds. The Morgan fingerprint density at radius 2 is 2.05 bits per heavy atom. The van der Waals surface area contributed by atoms with E-state index in [2.05, 4.69) is 5.32 Å². The topological polar surface area (TPSA) is 69.7 Å². The zero-order chi connectivity index (χ0) is 14.8. The minimum atomic E-state index is -3.58. The second-order valence-electron chi connectivity index (χ2n) is 4.80. The van der Waals surface area contributed by atoms with E-state index < -0.39 is 10.0 Å². The Kier molecular flexibility index (Phi) is 6.61. The number of carbonyl (C=O) groups excluding carboxylic acids is 1. The van der Waals surface area contributed by atoms with Gasteiger partial charge in [-0.05, 0) is 24.4 Å². The summed E-state index contributed by atoms with van der Waals surface area (Å²) in [5.74, 6) is -0.191. The highest BCUT2D eigenvalue weighted by molar-refractivity contribution is 7.89. The smallest absolute Gasteiger partial charge is 0.265 e. The third-order valence-corrected chi connectivity index (χ3v) is 6.10. The molecule has 0 unspecified atom stereocenters. The number of nitrogens with one attached hydrogen (secondary N) is 1. The van der Waals surface area contributed by atoms with Crippen molar-refractivity contribution in [2.75, 3.05) is 40.3 Å². The van der Waals surface area contributed by atoms with Gasteiger partial charge in [0, 0.05) is 33.7 Å². The van der Waals surface area contributed by atoms with E-state index in [0.717, 1.165) is 23.8 Å². The van der Waals surface area contributed by atoms with Gasteiger partial charge in [0.1, 0.15) is 9.77 Å². The number of nitrogens with zero attached hydrogens (tertiary/aromatic N) is 2. The first-order chi connectivity index (χ1) is 9.44. The molecule has 0 aromatic carbocycles. The van der Waals surface area contributed by atoms with Crippen molar-refractivity contribution in [1.29, 1.82) is 0 Å². The summed E-state index contributed by atoms with van der Waals surface area (Å²) in [6.07, 6.45) is 0.882. The van der Waals surface area contributed by atoms with E-state index in [-0.39, 0.29) is 23.2 Å². The second kappa shape index (κ2) is 7.55. The lowest BCUT2D eigenvalue weighted by molar-refractivity contribution is 0.0767. The van der Waals surface area contributed by atoms with E-state index in [1.807, 2.05) is 0 Å². The summed E-state index contributed by atoms with van der Waals surface area (Å²) >= 11 is 1.18. The third kappa shape index (κ3) is 3.95. The molecule has 0 bridgehead atoms. The van der Waals surface area contributed by atoms with Crippen LogP contribution < -0.4 is 5.32 Å². The molecule has 120 valence electrons. The van der Waals surface area contributed by atoms with Crippen molar-refractivity contribution >= 4 is 39.7 Å². The fourth-order valence-electron chi connectivity index (χ4n) is 2.05. The number of hydrogen-bond acceptors (Lipinski definition) is 5. The molecule has 1 fully saturated rings. The number of sulfonamides is 1. The van der Waals surface area contributed by atoms with Crippen molar-refractivity contribution in [3.05, 3.63) is 16.3 Å². The molecule has 0 atom stereocenters. The van der Waals surface area contributed by atoms with Crippen molar-refractivity contribution in [3.63, 3.8) is 0 Å². The Morgan fingerprint density at radius 3 is 2.71 bits per heavy atom. The summed E-state index contributed by atoms with van der Waals surface area (Å²) in [5.41, 5.74) is 0. The van der Waals surface area contributed by atoms with Gasteiger partial charge < -0.3 is 10.2 Å². The molecule has 1 N–H and O–H groups in total. The molecule has 1 aromatic heterocycles. The van der Waals surface area contributed by atoms with E-state index in [9.17, 15) is 13.2 Å². The minimum Gasteiger partial charge on any atom is -0.337 e. The lowest BCUT2D eigenvalue weighted by Gasteiger charge is -2.20. The number of carbonyl (C=O) groups is 1. The molecule has 0 radical (unpaired) electrons. The van der Waals surface area contributed by atoms with Crippen LogP contribution >= 0.6 is 23.7 Å². The Labute approximate surface area is 135 Å². The summed E-state index contributed by atoms with van der Waals surface area (Å²) in [5, 5.41) is 4.88. The van der Waals surface area contributed by atoms with Gasteiger partial charge in [-0.2, -0.15) is 0 Å². The van der Waals surface area contributed by atoms with Crippen molar-refractivity contribution < 1.29 is 13.2 Å². The SMILES string of the molecule is CN(C)S(=O)(=O)c1ccsc1C(=O)N1CCCNCC1.Cl. The third-order valence-electron chi connectivity index (χ3n) is 3.21. The van der Waals surface area contributed by atoms with Crippen LogP contribution in [0.5, 0.6) is 0 Å². The predicted molar refractivity (Wildman–Crippen MR) is 85.8 cm³/mol. The predicted octanol–water partition coefficient (Wildman–Crippen LogP) is 0.856. The number of halogens is 1. The number of thiophene rings is 1. The molecular weight excluding hydrogens is 334 g/mol. The van der Waals surface area contributed by atoms with Crippen molar-refractivity contribution in [3.8, 4) is 0 Å². The maximum absolute atomic E-state index is 12.5. The van der Waals surface area contributed by atoms with E-state index in [4.69, 9.17) is 0 Å². The molecule has 1 aliphatic rings. The van der Waals surface area contributed by atoms with E-state index >= 15 is 0 Å². The van der Waals surface area contributed by atoms with Gasteiger partial charge in [-0.1, -0.05) is 0 Å². The number of amides is 1. The highest BCUT2D eigenvalue weighted by Crippen LogP contribution is 2.25. The fraction of sp³-hybridized carbons (Fsp3) is 0.583. The van der Waals surface area contributed by atoms with Crippen LogP contribution in [0.25, 0.3) is 0 Å². The van der Waals surface area contributed by atoms with E-state index in [1.54, 1.807) is 10.3 Å². The van der Waals surface area contributed by atoms with Crippen molar-refractivity contribution in [2.45, 2.75) is 11.3 Å². The monoisotopic (exact) mass is 353 g/mol. The van der Waals surface area contributed by atoms with Crippen LogP contribution in [0.1, 0.15) is 16.1 Å². The van der Waals surface area contributed by atoms with Crippen LogP contribution in [0.2, 0.25) is 0 Å². The highest BCUT2D eigenvalue weighted by Gasteiger charge is 2.28. The van der Waals surface area contributed by atoms with Crippen LogP contribution in [0.15, 0.2) is 16.3 Å². The van der Waals surface area contributed by atoms with Gasteiger partial charge in [0.2, 0.25) is 10.0 Å². The second-order valence-corrected chi connectivity index (χ2v) is 7.83. The normalized spacial score (nSPS) is 16.4. The van der Waals surface area contributed by atoms with Gasteiger partial charge in [-0.25, -0.2) is 12.7 Å². The first-order valence-corrected chi connectivity index (χ1v) is 8.76. The maximum atomic E-state index is 12.5. The van der Waals surface area contributed by atoms with Gasteiger partial charge in [0.25, 0.3) is 5.91 Å². The molecule has 2 rings (SSSR count). The van der Waals surface area contributed by atoms with Crippen LogP contribution in [0.4, 0.5) is 0 Å². The van der Waals surface area contributed by atoms with Crippen molar-refractivity contribution in [2.24, 2.45) is 0 Å². The summed E-state index contributed by atoms with van der Waals surface area (Å²) < 4.78 is 25.6. The summed E-state index contributed by atoms with van der Waals surface area (Å²) in [4.78, 5) is 14.7. The van der Waals surface area contributed by atoms with Gasteiger partial charge in [0.05, 0.1) is 0 Å². The molecule has 1 aromatic rings. The van der Waals surface area contributed by atoms with Crippen LogP contribution in [0, 0.1) is 0 Å². The number of rotatable bonds is 3. The average Bonchev–Trinajstić information content (AvgIpc) is 2.74. The van der Waals surface area contributed by atoms with Gasteiger partial charge in [0.15, 0.2) is 0 Å². The maximum Gasteiger partial charge on any atom is 0.265 e. The van der Waals surface area contributed by atoms with Crippen LogP contribution in [-0.2, 0) is 10.0 Å². The molecule has 1 aliphatic heterocycles. The van der Waals surface area contributed by atoms with E-state index in [1.165, 1.54) is 31.5 Å². The molecular formula is C12H20ClN3O3S2. The first kappa shape index (κ1) is 18.4. The van der Waals surface area contributed by atoms with Gasteiger partial charge >= 0.3 is 0 Å². The van der Waals surface area contributed by atoms with Gasteiger partial charge in [-0.3, -0.25) is 4.79 Å². The van der Waals surface area contributed by atoms with Gasteiger partial charge in [-0.15, -0.1) is 23.7 Å². The number of hydrogen-bond donors (Lipinski definition) is 1. The molecule has 9 heteroatoms. The molecule has 21 heavy (non-hydrogen) atoms. The zero-order valence-corrected chi connectivity index (χ0v) is 14.5. The summed E-state index contributed by atoms with van der Waals surface area (Å²) in [7, 11) is -0.638. The Hall–Kier alpha value is -0.670. The zero-order valence-electron chi connectivity index (χ0n) is 12.0. The fourth-order valence-corrected chi connectivity index (χ4v) is 4.30. The molecule has 0 aliphatic carbocycles. The Morgan fingerprint density at radius 1 is 1.33 bits per heavy atom. The lowest BCUT2D eigenvalue weighted by Crippen LogP contribution is -2.35. The molecule has 0 saturated carbocycles. The van der Waals surface area contributed by atoms with Crippen LogP contribution in [0.3, 0.4) is 0 Å². The molecule has 6 nitrogen and oxygen atoms in total. The minimum absolute atomic E-state index is 0. The summed E-state index contributed by atoms with van der Waals surface area (Å²) in [6, 6.07) is 1.50. The molecule has 1 saturated heterocycles. The standard InChI is InChI=1S/C12H19N3O3S2.ClH/c1-14(2)20(17,18)10-4-9-19-11(10)12(16)15-7-3-5-13-6-8-15;/h4,9,13H,3,5-8H2,1-2H3;1H. The van der Waals surface area contributed by atoms with Crippen LogP contribution in [-0.4, -0.2) is 63.8 Å². The Balaban J connectivity index is 0.00000220.